The number of aliphatic hydroxyl groups excluding tert-OH is 3. The standard InChI is InChI=1S/C60H66N4O15/c1-30-55(72)60(74,75)56(76-29-39-20-22-63-58(62)64-39)57(77-30)79-54-42-11-6-10-38(61)17-18-40(68)24-33-8-5-7-32(23-33)12-19-41-45(78-31(2)67)26-36(27-65)46-47(41)53(71)48(42)49(52(46)70)51(69)43(54)25-35-14-13-34-15-16-37-9-3-4-21-59(37,73)50(34)44(35)28-66/h5,7-8,12-14,19,23,26,28,30,37-40,55-57,65,68-69,72-75H,3-4,9,11,15-18,20-22,24-25,27,29,61H2,1-2H3,(H3,62,63,64)/b19-12+/t30-,37+,38-,39+,40+,55+,56-,57+,59+/m0/s1. The second-order valence-corrected chi connectivity index (χ2v) is 21.7. The number of benzene rings is 4. The molecule has 4 aromatic carbocycles. The Kier molecular flexibility index (Phi) is 15.7. The minimum absolute atomic E-state index is 0.0362. The van der Waals surface area contributed by atoms with Crippen LogP contribution in [0.15, 0.2) is 47.5 Å². The van der Waals surface area contributed by atoms with Crippen molar-refractivity contribution in [1.82, 2.24) is 5.32 Å². The zero-order chi connectivity index (χ0) is 56.1. The number of phenols is 1. The molecular weight excluding hydrogens is 1020 g/mol. The number of aldehydes is 1. The van der Waals surface area contributed by atoms with Crippen LogP contribution in [0.25, 0.3) is 12.2 Å². The number of ketones is 2. The van der Waals surface area contributed by atoms with E-state index in [9.17, 15) is 45.3 Å². The monoisotopic (exact) mass is 1080 g/mol. The summed E-state index contributed by atoms with van der Waals surface area (Å²) in [5, 5.41) is 85.7. The lowest BCUT2D eigenvalue weighted by atomic mass is 9.63. The predicted octanol–water partition coefficient (Wildman–Crippen LogP) is 3.28. The number of aliphatic imine (C=N–C) groups is 1. The number of nitrogens with zero attached hydrogens (tertiary/aromatic N) is 1. The van der Waals surface area contributed by atoms with E-state index in [1.165, 1.54) is 19.1 Å². The summed E-state index contributed by atoms with van der Waals surface area (Å²) in [6.45, 7) is 1.78. The largest absolute Gasteiger partial charge is 0.507 e. The highest BCUT2D eigenvalue weighted by Gasteiger charge is 2.57. The molecular formula is C60H66N4O15. The van der Waals surface area contributed by atoms with Crippen LogP contribution in [0.5, 0.6) is 17.2 Å². The highest BCUT2D eigenvalue weighted by Crippen LogP contribution is 2.52. The van der Waals surface area contributed by atoms with Crippen molar-refractivity contribution < 1.29 is 73.9 Å². The van der Waals surface area contributed by atoms with Gasteiger partial charge in [-0.2, -0.15) is 0 Å². The zero-order valence-electron chi connectivity index (χ0n) is 44.0. The lowest BCUT2D eigenvalue weighted by molar-refractivity contribution is -0.379. The first-order chi connectivity index (χ1) is 37.8. The Morgan fingerprint density at radius 3 is 2.53 bits per heavy atom. The van der Waals surface area contributed by atoms with Crippen LogP contribution in [0.1, 0.15) is 157 Å². The molecule has 1 saturated carbocycles. The number of nitrogens with one attached hydrogen (secondary N) is 1. The molecule has 19 nitrogen and oxygen atoms in total. The molecule has 4 aliphatic carbocycles. The van der Waals surface area contributed by atoms with Gasteiger partial charge in [-0.3, -0.25) is 24.2 Å². The average Bonchev–Trinajstić information content (AvgIpc) is 3.61. The van der Waals surface area contributed by atoms with Gasteiger partial charge in [-0.1, -0.05) is 67.2 Å². The van der Waals surface area contributed by atoms with E-state index < -0.39 is 108 Å². The number of carbonyl (C=O) groups is 4. The summed E-state index contributed by atoms with van der Waals surface area (Å²) in [6.07, 6.45) is 0.261. The number of carbonyl (C=O) groups excluding carboxylic acids is 4. The van der Waals surface area contributed by atoms with E-state index in [2.05, 4.69) is 22.2 Å². The van der Waals surface area contributed by atoms with Gasteiger partial charge in [-0.15, -0.1) is 0 Å². The second kappa shape index (κ2) is 22.4. The van der Waals surface area contributed by atoms with Crippen molar-refractivity contribution in [2.75, 3.05) is 13.2 Å². The van der Waals surface area contributed by atoms with Crippen LogP contribution < -0.4 is 26.3 Å². The minimum atomic E-state index is -3.08. The van der Waals surface area contributed by atoms with E-state index in [0.717, 1.165) is 37.3 Å². The van der Waals surface area contributed by atoms with Crippen molar-refractivity contribution in [1.29, 1.82) is 0 Å². The maximum atomic E-state index is 16.0. The molecule has 416 valence electrons. The van der Waals surface area contributed by atoms with Gasteiger partial charge in [0.05, 0.1) is 48.7 Å². The first-order valence-corrected chi connectivity index (χ1v) is 27.0. The molecule has 2 fully saturated rings. The SMILES string of the molecule is CC(=O)Oc1cc(CO)c2c3c1/C=C/c1cccc(c1)C[C@H](O)CC[C@@H](N)C#CCc1c(O[C@H]4O[C@@H](C)[C@@H](O)C(O)(O)[C@H]4OC[C@H]4CCN=C(N)N4)c(Cc4ccc5c(c4C=O)[C@@]4(O)CCCC[C@@H]4CC5)c(O)c(c1C3=O)C2=O. The van der Waals surface area contributed by atoms with Crippen LogP contribution in [0.2, 0.25) is 0 Å². The maximum Gasteiger partial charge on any atom is 0.308 e. The number of esters is 1. The minimum Gasteiger partial charge on any atom is -0.507 e. The summed E-state index contributed by atoms with van der Waals surface area (Å²) >= 11 is 0. The fraction of sp³-hybridized carbons (Fsp3) is 0.450. The Balaban J connectivity index is 1.24. The van der Waals surface area contributed by atoms with Gasteiger partial charge in [-0.25, -0.2) is 0 Å². The Bertz CT molecular complexity index is 3250. The van der Waals surface area contributed by atoms with E-state index in [1.54, 1.807) is 24.3 Å². The van der Waals surface area contributed by atoms with E-state index in [0.29, 0.717) is 55.2 Å². The quantitative estimate of drug-likeness (QED) is 0.0315. The summed E-state index contributed by atoms with van der Waals surface area (Å²) in [7, 11) is 0. The molecule has 0 radical (unpaired) electrons. The van der Waals surface area contributed by atoms with Crippen molar-refractivity contribution in [2.24, 2.45) is 22.4 Å². The molecule has 19 heteroatoms. The maximum absolute atomic E-state index is 16.0. The van der Waals surface area contributed by atoms with Gasteiger partial charge in [0.2, 0.25) is 12.1 Å². The number of aliphatic hydroxyl groups is 6. The molecule has 1 saturated heterocycles. The first kappa shape index (κ1) is 55.5. The van der Waals surface area contributed by atoms with Crippen LogP contribution in [0.4, 0.5) is 0 Å². The van der Waals surface area contributed by atoms with Gasteiger partial charge in [-0.05, 0) is 110 Å². The van der Waals surface area contributed by atoms with Crippen LogP contribution in [-0.4, -0.2) is 127 Å². The molecule has 6 aliphatic rings. The zero-order valence-corrected chi connectivity index (χ0v) is 44.0. The Labute approximate surface area is 456 Å². The van der Waals surface area contributed by atoms with E-state index in [-0.39, 0.29) is 88.2 Å². The van der Waals surface area contributed by atoms with E-state index in [1.807, 2.05) is 18.2 Å². The number of hydrogen-bond donors (Lipinski definition) is 10. The number of phenolic OH excluding ortho intramolecular Hbond substituents is 1. The number of aryl methyl sites for hydroxylation is 1. The summed E-state index contributed by atoms with van der Waals surface area (Å²) in [6, 6.07) is 10.7. The Morgan fingerprint density at radius 1 is 0.975 bits per heavy atom. The highest BCUT2D eigenvalue weighted by molar-refractivity contribution is 6.32. The number of hydrogen-bond acceptors (Lipinski definition) is 19. The predicted molar refractivity (Wildman–Crippen MR) is 287 cm³/mol. The Morgan fingerprint density at radius 2 is 1.77 bits per heavy atom. The number of rotatable bonds is 10. The van der Waals surface area contributed by atoms with Crippen molar-refractivity contribution in [3.05, 3.63) is 120 Å². The van der Waals surface area contributed by atoms with Crippen LogP contribution in [0, 0.1) is 17.8 Å². The molecule has 9 atom stereocenters. The van der Waals surface area contributed by atoms with Crippen LogP contribution in [-0.2, 0) is 52.2 Å². The highest BCUT2D eigenvalue weighted by atomic mass is 16.7. The van der Waals surface area contributed by atoms with Gasteiger partial charge in [0.15, 0.2) is 29.9 Å². The van der Waals surface area contributed by atoms with E-state index >= 15 is 9.59 Å². The lowest BCUT2D eigenvalue weighted by Gasteiger charge is -2.46. The first-order valence-electron chi connectivity index (χ1n) is 27.0. The fourth-order valence-electron chi connectivity index (χ4n) is 12.5. The molecule has 4 bridgehead atoms. The van der Waals surface area contributed by atoms with Gasteiger partial charge >= 0.3 is 5.97 Å². The molecule has 0 spiro atoms. The molecule has 79 heavy (non-hydrogen) atoms. The topological polar surface area (TPSA) is 323 Å². The van der Waals surface area contributed by atoms with E-state index in [4.69, 9.17) is 30.4 Å². The average molecular weight is 1080 g/mol. The summed E-state index contributed by atoms with van der Waals surface area (Å²) in [5.41, 5.74) is 12.3. The number of ether oxygens (including phenoxy) is 4. The van der Waals surface area contributed by atoms with Crippen LogP contribution in [0.3, 0.4) is 0 Å². The van der Waals surface area contributed by atoms with Gasteiger partial charge < -0.3 is 71.5 Å². The number of fused-ring (bicyclic) bond motifs is 5. The third-order valence-electron chi connectivity index (χ3n) is 16.4. The van der Waals surface area contributed by atoms with Crippen molar-refractivity contribution >= 4 is 41.9 Å². The normalized spacial score (nSPS) is 27.5. The van der Waals surface area contributed by atoms with Crippen molar-refractivity contribution in [3.63, 3.8) is 0 Å². The summed E-state index contributed by atoms with van der Waals surface area (Å²) < 4.78 is 25.0. The smallest absolute Gasteiger partial charge is 0.308 e. The second-order valence-electron chi connectivity index (χ2n) is 21.7. The number of aromatic hydroxyl groups is 1. The molecule has 2 aliphatic heterocycles. The molecule has 0 aromatic heterocycles. The van der Waals surface area contributed by atoms with Gasteiger partial charge in [0, 0.05) is 65.3 Å². The van der Waals surface area contributed by atoms with Crippen LogP contribution >= 0.6 is 0 Å². The molecule has 2 heterocycles. The third-order valence-corrected chi connectivity index (χ3v) is 16.4. The molecule has 0 amide bonds. The fourth-order valence-corrected chi connectivity index (χ4v) is 12.5. The summed E-state index contributed by atoms with van der Waals surface area (Å²) in [5.74, 6) is -0.934. The molecule has 12 N–H and O–H groups in total. The van der Waals surface area contributed by atoms with Crippen molar-refractivity contribution in [2.45, 2.75) is 152 Å². The van der Waals surface area contributed by atoms with Gasteiger partial charge in [0.1, 0.15) is 23.4 Å². The molecule has 4 aromatic rings. The summed E-state index contributed by atoms with van der Waals surface area (Å²) in [4.78, 5) is 62.3. The molecule has 10 rings (SSSR count). The number of guanidine groups is 1. The third kappa shape index (κ3) is 10.5. The Hall–Kier alpha value is -6.83. The van der Waals surface area contributed by atoms with Gasteiger partial charge in [0.25, 0.3) is 0 Å². The lowest BCUT2D eigenvalue weighted by Crippen LogP contribution is -2.68. The number of nitrogens with two attached hydrogens (primary N) is 2. The van der Waals surface area contributed by atoms with Crippen molar-refractivity contribution in [3.8, 4) is 29.1 Å². The molecule has 0 unspecified atom stereocenters.